The summed E-state index contributed by atoms with van der Waals surface area (Å²) >= 11 is 0. The van der Waals surface area contributed by atoms with Crippen LogP contribution in [0.1, 0.15) is 31.0 Å². The highest BCUT2D eigenvalue weighted by atomic mass is 16.5. The zero-order valence-electron chi connectivity index (χ0n) is 10.3. The Kier molecular flexibility index (Phi) is 4.15. The average Bonchev–Trinajstić information content (AvgIpc) is 2.20. The van der Waals surface area contributed by atoms with Gasteiger partial charge in [0.05, 0.1) is 7.11 Å². The molecule has 0 aliphatic rings. The van der Waals surface area contributed by atoms with Crippen molar-refractivity contribution in [3.05, 3.63) is 29.3 Å². The minimum atomic E-state index is 0.413. The van der Waals surface area contributed by atoms with Crippen LogP contribution in [0.25, 0.3) is 0 Å². The number of hydrogen-bond donors (Lipinski definition) is 1. The van der Waals surface area contributed by atoms with Crippen LogP contribution in [-0.4, -0.2) is 14.2 Å². The third kappa shape index (κ3) is 2.72. The molecule has 1 aromatic carbocycles. The second-order valence-electron chi connectivity index (χ2n) is 4.23. The second kappa shape index (κ2) is 5.17. The van der Waals surface area contributed by atoms with Gasteiger partial charge < -0.3 is 10.1 Å². The summed E-state index contributed by atoms with van der Waals surface area (Å²) in [5, 5.41) is 3.36. The van der Waals surface area contributed by atoms with E-state index in [0.717, 1.165) is 5.75 Å². The van der Waals surface area contributed by atoms with Crippen LogP contribution in [-0.2, 0) is 0 Å². The molecular formula is C13H21NO. The van der Waals surface area contributed by atoms with Crippen LogP contribution in [0.4, 0.5) is 0 Å². The highest BCUT2D eigenvalue weighted by Gasteiger charge is 2.15. The summed E-state index contributed by atoms with van der Waals surface area (Å²) in [7, 11) is 3.71. The van der Waals surface area contributed by atoms with Gasteiger partial charge in [-0.2, -0.15) is 0 Å². The maximum atomic E-state index is 5.20. The number of benzene rings is 1. The average molecular weight is 207 g/mol. The summed E-state index contributed by atoms with van der Waals surface area (Å²) in [4.78, 5) is 0. The molecule has 0 spiro atoms. The molecule has 84 valence electrons. The van der Waals surface area contributed by atoms with Crippen LogP contribution in [0, 0.1) is 12.8 Å². The second-order valence-corrected chi connectivity index (χ2v) is 4.23. The molecule has 15 heavy (non-hydrogen) atoms. The molecule has 1 atom stereocenters. The van der Waals surface area contributed by atoms with Gasteiger partial charge in [0.2, 0.25) is 0 Å². The quantitative estimate of drug-likeness (QED) is 0.819. The lowest BCUT2D eigenvalue weighted by atomic mass is 9.93. The first kappa shape index (κ1) is 12.1. The van der Waals surface area contributed by atoms with Gasteiger partial charge in [-0.3, -0.25) is 0 Å². The van der Waals surface area contributed by atoms with Crippen molar-refractivity contribution in [3.63, 3.8) is 0 Å². The predicted molar refractivity (Wildman–Crippen MR) is 64.4 cm³/mol. The fourth-order valence-electron chi connectivity index (χ4n) is 1.97. The summed E-state index contributed by atoms with van der Waals surface area (Å²) < 4.78 is 5.20. The number of nitrogens with one attached hydrogen (secondary N) is 1. The Morgan fingerprint density at radius 3 is 2.33 bits per heavy atom. The Bertz CT molecular complexity index is 320. The molecule has 0 bridgehead atoms. The summed E-state index contributed by atoms with van der Waals surface area (Å²) in [6.45, 7) is 6.58. The van der Waals surface area contributed by atoms with Crippen LogP contribution in [0.5, 0.6) is 5.75 Å². The Morgan fingerprint density at radius 1 is 1.27 bits per heavy atom. The molecule has 0 saturated carbocycles. The summed E-state index contributed by atoms with van der Waals surface area (Å²) in [6.07, 6.45) is 0. The van der Waals surface area contributed by atoms with E-state index < -0.39 is 0 Å². The van der Waals surface area contributed by atoms with Gasteiger partial charge in [0, 0.05) is 6.04 Å². The molecule has 1 unspecified atom stereocenters. The van der Waals surface area contributed by atoms with Gasteiger partial charge in [-0.15, -0.1) is 0 Å². The molecule has 1 rings (SSSR count). The Balaban J connectivity index is 3.03. The molecule has 0 amide bonds. The van der Waals surface area contributed by atoms with Crippen molar-refractivity contribution in [1.82, 2.24) is 5.32 Å². The topological polar surface area (TPSA) is 21.3 Å². The van der Waals surface area contributed by atoms with E-state index in [-0.39, 0.29) is 0 Å². The van der Waals surface area contributed by atoms with Crippen LogP contribution in [0.3, 0.4) is 0 Å². The van der Waals surface area contributed by atoms with Crippen LogP contribution in [0.15, 0.2) is 18.2 Å². The van der Waals surface area contributed by atoms with Crippen molar-refractivity contribution in [2.24, 2.45) is 5.92 Å². The fourth-order valence-corrected chi connectivity index (χ4v) is 1.97. The van der Waals surface area contributed by atoms with Gasteiger partial charge in [-0.05, 0) is 43.1 Å². The number of hydrogen-bond acceptors (Lipinski definition) is 2. The Hall–Kier alpha value is -1.02. The van der Waals surface area contributed by atoms with Crippen LogP contribution < -0.4 is 10.1 Å². The third-order valence-corrected chi connectivity index (χ3v) is 2.79. The van der Waals surface area contributed by atoms with E-state index in [0.29, 0.717) is 12.0 Å². The number of ether oxygens (including phenoxy) is 1. The molecule has 1 N–H and O–H groups in total. The molecule has 2 heteroatoms. The normalized spacial score (nSPS) is 12.9. The zero-order valence-corrected chi connectivity index (χ0v) is 10.3. The lowest BCUT2D eigenvalue weighted by Crippen LogP contribution is -2.22. The third-order valence-electron chi connectivity index (χ3n) is 2.79. The monoisotopic (exact) mass is 207 g/mol. The van der Waals surface area contributed by atoms with Crippen molar-refractivity contribution < 1.29 is 4.74 Å². The summed E-state index contributed by atoms with van der Waals surface area (Å²) in [6, 6.07) is 6.67. The first-order valence-electron chi connectivity index (χ1n) is 5.42. The first-order valence-corrected chi connectivity index (χ1v) is 5.42. The van der Waals surface area contributed by atoms with Crippen LogP contribution in [0.2, 0.25) is 0 Å². The van der Waals surface area contributed by atoms with E-state index in [1.165, 1.54) is 11.1 Å². The molecule has 0 aliphatic heterocycles. The molecule has 0 heterocycles. The smallest absolute Gasteiger partial charge is 0.119 e. The van der Waals surface area contributed by atoms with Crippen molar-refractivity contribution >= 4 is 0 Å². The van der Waals surface area contributed by atoms with Crippen molar-refractivity contribution in [3.8, 4) is 5.75 Å². The van der Waals surface area contributed by atoms with E-state index in [1.54, 1.807) is 7.11 Å². The Labute approximate surface area is 92.6 Å². The lowest BCUT2D eigenvalue weighted by Gasteiger charge is -2.22. The van der Waals surface area contributed by atoms with Crippen molar-refractivity contribution in [2.75, 3.05) is 14.2 Å². The van der Waals surface area contributed by atoms with Gasteiger partial charge in [0.15, 0.2) is 0 Å². The van der Waals surface area contributed by atoms with Gasteiger partial charge in [0.1, 0.15) is 5.75 Å². The van der Waals surface area contributed by atoms with Gasteiger partial charge in [-0.25, -0.2) is 0 Å². The summed E-state index contributed by atoms with van der Waals surface area (Å²) in [5.74, 6) is 1.51. The van der Waals surface area contributed by atoms with Gasteiger partial charge in [0.25, 0.3) is 0 Å². The first-order chi connectivity index (χ1) is 7.10. The standard InChI is InChI=1S/C13H21NO/c1-9(2)13(14-4)12-7-6-11(15-5)8-10(12)3/h6-9,13-14H,1-5H3. The van der Waals surface area contributed by atoms with Gasteiger partial charge >= 0.3 is 0 Å². The van der Waals surface area contributed by atoms with E-state index in [4.69, 9.17) is 4.74 Å². The number of rotatable bonds is 4. The van der Waals surface area contributed by atoms with E-state index in [2.05, 4.69) is 38.2 Å². The van der Waals surface area contributed by atoms with Crippen molar-refractivity contribution in [1.29, 1.82) is 0 Å². The maximum absolute atomic E-state index is 5.20. The molecule has 0 radical (unpaired) electrons. The largest absolute Gasteiger partial charge is 0.497 e. The minimum Gasteiger partial charge on any atom is -0.497 e. The molecule has 1 aromatic rings. The van der Waals surface area contributed by atoms with Gasteiger partial charge in [-0.1, -0.05) is 19.9 Å². The molecular weight excluding hydrogens is 186 g/mol. The number of aryl methyl sites for hydroxylation is 1. The molecule has 0 aliphatic carbocycles. The molecule has 0 saturated heterocycles. The highest BCUT2D eigenvalue weighted by Crippen LogP contribution is 2.26. The lowest BCUT2D eigenvalue weighted by molar-refractivity contribution is 0.411. The van der Waals surface area contributed by atoms with E-state index in [1.807, 2.05) is 13.1 Å². The Morgan fingerprint density at radius 2 is 1.93 bits per heavy atom. The highest BCUT2D eigenvalue weighted by molar-refractivity contribution is 5.36. The fraction of sp³-hybridized carbons (Fsp3) is 0.538. The van der Waals surface area contributed by atoms with E-state index >= 15 is 0 Å². The summed E-state index contributed by atoms with van der Waals surface area (Å²) in [5.41, 5.74) is 2.63. The maximum Gasteiger partial charge on any atom is 0.119 e. The predicted octanol–water partition coefficient (Wildman–Crippen LogP) is 2.92. The molecule has 0 fully saturated rings. The minimum absolute atomic E-state index is 0.413. The molecule has 2 nitrogen and oxygen atoms in total. The molecule has 0 aromatic heterocycles. The zero-order chi connectivity index (χ0) is 11.4. The van der Waals surface area contributed by atoms with E-state index in [9.17, 15) is 0 Å². The van der Waals surface area contributed by atoms with Crippen molar-refractivity contribution in [2.45, 2.75) is 26.8 Å². The SMILES string of the molecule is CNC(c1ccc(OC)cc1C)C(C)C. The van der Waals surface area contributed by atoms with Crippen LogP contribution >= 0.6 is 0 Å². The number of methoxy groups -OCH3 is 1.